The number of fused-ring (bicyclic) bond motifs is 2. The minimum Gasteiger partial charge on any atom is -0.332 e. The van der Waals surface area contributed by atoms with Crippen LogP contribution in [0.2, 0.25) is 0 Å². The monoisotopic (exact) mass is 384 g/mol. The lowest BCUT2D eigenvalue weighted by atomic mass is 10.1. The van der Waals surface area contributed by atoms with Gasteiger partial charge in [-0.15, -0.1) is 11.8 Å². The molecule has 2 aromatic carbocycles. The van der Waals surface area contributed by atoms with E-state index in [1.165, 1.54) is 0 Å². The van der Waals surface area contributed by atoms with Crippen LogP contribution in [0.1, 0.15) is 20.3 Å². The van der Waals surface area contributed by atoms with Crippen LogP contribution in [0.15, 0.2) is 41.4 Å². The highest BCUT2D eigenvalue weighted by Gasteiger charge is 2.22. The van der Waals surface area contributed by atoms with Crippen LogP contribution in [0, 0.1) is 12.2 Å². The van der Waals surface area contributed by atoms with Gasteiger partial charge in [0.2, 0.25) is 0 Å². The zero-order valence-corrected chi connectivity index (χ0v) is 15.9. The predicted molar refractivity (Wildman–Crippen MR) is 105 cm³/mol. The topological polar surface area (TPSA) is 43.6 Å². The largest absolute Gasteiger partial charge is 0.332 e. The number of benzene rings is 2. The second kappa shape index (κ2) is 7.23. The van der Waals surface area contributed by atoms with E-state index in [1.54, 1.807) is 11.8 Å². The number of hydrogen-bond donors (Lipinski definition) is 0. The molecule has 2 aromatic heterocycles. The molecule has 0 amide bonds. The molecule has 4 rings (SSSR count). The van der Waals surface area contributed by atoms with E-state index in [4.69, 9.17) is 0 Å². The van der Waals surface area contributed by atoms with Gasteiger partial charge in [0, 0.05) is 17.3 Å². The molecule has 0 fully saturated rings. The van der Waals surface area contributed by atoms with E-state index in [-0.39, 0.29) is 5.82 Å². The van der Waals surface area contributed by atoms with Crippen molar-refractivity contribution in [3.8, 4) is 11.5 Å². The minimum atomic E-state index is -1.11. The third kappa shape index (κ3) is 3.16. The van der Waals surface area contributed by atoms with Gasteiger partial charge in [0.05, 0.1) is 10.7 Å². The Labute approximate surface area is 159 Å². The van der Waals surface area contributed by atoms with Gasteiger partial charge in [-0.25, -0.2) is 0 Å². The van der Waals surface area contributed by atoms with Crippen molar-refractivity contribution in [1.29, 1.82) is 0 Å². The fraction of sp³-hybridized carbons (Fsp3) is 0.250. The van der Waals surface area contributed by atoms with Gasteiger partial charge in [-0.2, -0.15) is 23.7 Å². The molecule has 0 bridgehead atoms. The first-order chi connectivity index (χ1) is 13.1. The Morgan fingerprint density at radius 2 is 1.56 bits per heavy atom. The van der Waals surface area contributed by atoms with Crippen LogP contribution >= 0.6 is 11.8 Å². The molecule has 0 saturated carbocycles. The summed E-state index contributed by atoms with van der Waals surface area (Å²) in [7, 11) is 0. The van der Waals surface area contributed by atoms with Crippen molar-refractivity contribution >= 4 is 33.3 Å². The summed E-state index contributed by atoms with van der Waals surface area (Å²) in [5.74, 6) is 0.909. The number of aromatic nitrogens is 4. The third-order valence-corrected chi connectivity index (χ3v) is 5.41. The lowest BCUT2D eigenvalue weighted by Crippen LogP contribution is -2.06. The van der Waals surface area contributed by atoms with Crippen molar-refractivity contribution < 1.29 is 8.78 Å². The standard InChI is InChI=1S/C20H18F2N4S/c1-3-9-26-16(17-23-19(21)25-20(22)24-17)14-10-12-7-5-6-8-13(12)11-15(14)18(26)27-4-2/h5-8,10-11H,3-4,9H2,1-2H3. The van der Waals surface area contributed by atoms with E-state index in [1.807, 2.05) is 24.3 Å². The molecule has 0 saturated heterocycles. The molecule has 0 aliphatic rings. The zero-order chi connectivity index (χ0) is 19.0. The quantitative estimate of drug-likeness (QED) is 0.429. The number of hydrogen-bond acceptors (Lipinski definition) is 4. The Balaban J connectivity index is 2.13. The predicted octanol–water partition coefficient (Wildman–Crippen LogP) is 5.45. The maximum Gasteiger partial charge on any atom is 0.314 e. The lowest BCUT2D eigenvalue weighted by molar-refractivity contribution is 0.456. The van der Waals surface area contributed by atoms with Crippen molar-refractivity contribution in [2.45, 2.75) is 31.8 Å². The molecule has 138 valence electrons. The molecule has 0 atom stereocenters. The van der Waals surface area contributed by atoms with Crippen LogP contribution in [0.5, 0.6) is 0 Å². The van der Waals surface area contributed by atoms with Gasteiger partial charge in [-0.3, -0.25) is 0 Å². The van der Waals surface area contributed by atoms with Gasteiger partial charge in [-0.1, -0.05) is 38.1 Å². The smallest absolute Gasteiger partial charge is 0.314 e. The molecule has 0 spiro atoms. The molecule has 0 aliphatic heterocycles. The van der Waals surface area contributed by atoms with Gasteiger partial charge in [0.1, 0.15) is 0 Å². The fourth-order valence-electron chi connectivity index (χ4n) is 3.41. The van der Waals surface area contributed by atoms with E-state index in [0.29, 0.717) is 12.2 Å². The normalized spacial score (nSPS) is 11.6. The van der Waals surface area contributed by atoms with Crippen LogP contribution in [0.4, 0.5) is 8.78 Å². The minimum absolute atomic E-state index is 0.0247. The summed E-state index contributed by atoms with van der Waals surface area (Å²) >= 11 is 1.71. The average Bonchev–Trinajstić information content (AvgIpc) is 2.92. The van der Waals surface area contributed by atoms with Crippen LogP contribution in [-0.4, -0.2) is 25.3 Å². The molecule has 0 radical (unpaired) electrons. The zero-order valence-electron chi connectivity index (χ0n) is 15.0. The Bertz CT molecular complexity index is 1120. The number of halogens is 2. The molecule has 0 unspecified atom stereocenters. The van der Waals surface area contributed by atoms with Gasteiger partial charge in [-0.05, 0) is 35.1 Å². The molecule has 2 heterocycles. The van der Waals surface area contributed by atoms with Crippen molar-refractivity contribution in [1.82, 2.24) is 19.5 Å². The van der Waals surface area contributed by atoms with Crippen molar-refractivity contribution in [2.24, 2.45) is 0 Å². The molecular formula is C20H18F2N4S. The Morgan fingerprint density at radius 1 is 0.926 bits per heavy atom. The molecule has 4 nitrogen and oxygen atoms in total. The van der Waals surface area contributed by atoms with Crippen LogP contribution in [0.25, 0.3) is 33.1 Å². The van der Waals surface area contributed by atoms with Gasteiger partial charge < -0.3 is 4.57 Å². The van der Waals surface area contributed by atoms with Gasteiger partial charge in [0.15, 0.2) is 5.82 Å². The summed E-state index contributed by atoms with van der Waals surface area (Å²) < 4.78 is 29.5. The Morgan fingerprint density at radius 3 is 2.15 bits per heavy atom. The fourth-order valence-corrected chi connectivity index (χ4v) is 4.34. The number of rotatable bonds is 5. The first-order valence-corrected chi connectivity index (χ1v) is 9.86. The van der Waals surface area contributed by atoms with Crippen LogP contribution < -0.4 is 0 Å². The molecule has 0 aliphatic carbocycles. The number of thioether (sulfide) groups is 1. The highest BCUT2D eigenvalue weighted by atomic mass is 32.2. The average molecular weight is 384 g/mol. The molecule has 7 heteroatoms. The maximum atomic E-state index is 13.7. The van der Waals surface area contributed by atoms with Crippen molar-refractivity contribution in [2.75, 3.05) is 5.75 Å². The second-order valence-electron chi connectivity index (χ2n) is 6.18. The highest BCUT2D eigenvalue weighted by Crippen LogP contribution is 2.40. The first-order valence-electron chi connectivity index (χ1n) is 8.87. The highest BCUT2D eigenvalue weighted by molar-refractivity contribution is 7.99. The van der Waals surface area contributed by atoms with E-state index in [2.05, 4.69) is 45.5 Å². The summed E-state index contributed by atoms with van der Waals surface area (Å²) in [6, 6.07) is 12.2. The van der Waals surface area contributed by atoms with Crippen molar-refractivity contribution in [3.63, 3.8) is 0 Å². The summed E-state index contributed by atoms with van der Waals surface area (Å²) in [5, 5.41) is 5.18. The Hall–Kier alpha value is -2.54. The van der Waals surface area contributed by atoms with E-state index < -0.39 is 12.2 Å². The van der Waals surface area contributed by atoms with Crippen molar-refractivity contribution in [3.05, 3.63) is 48.6 Å². The summed E-state index contributed by atoms with van der Waals surface area (Å²) in [6.45, 7) is 4.86. The molecule has 4 aromatic rings. The summed E-state index contributed by atoms with van der Waals surface area (Å²) in [4.78, 5) is 10.6. The molecule has 0 N–H and O–H groups in total. The van der Waals surface area contributed by atoms with Gasteiger partial charge >= 0.3 is 12.2 Å². The lowest BCUT2D eigenvalue weighted by Gasteiger charge is -2.11. The Kier molecular flexibility index (Phi) is 4.78. The maximum absolute atomic E-state index is 13.7. The van der Waals surface area contributed by atoms with E-state index in [0.717, 1.165) is 38.7 Å². The first kappa shape index (κ1) is 17.9. The van der Waals surface area contributed by atoms with Crippen LogP contribution in [-0.2, 0) is 6.54 Å². The third-order valence-electron chi connectivity index (χ3n) is 4.41. The second-order valence-corrected chi connectivity index (χ2v) is 7.43. The van der Waals surface area contributed by atoms with Crippen LogP contribution in [0.3, 0.4) is 0 Å². The summed E-state index contributed by atoms with van der Waals surface area (Å²) in [5.41, 5.74) is 0.633. The molecule has 27 heavy (non-hydrogen) atoms. The van der Waals surface area contributed by atoms with E-state index >= 15 is 0 Å². The SMILES string of the molecule is CCCn1c(SCC)c2cc3ccccc3cc2c1-c1nc(F)nc(F)n1. The number of nitrogens with zero attached hydrogens (tertiary/aromatic N) is 4. The molecular weight excluding hydrogens is 366 g/mol. The van der Waals surface area contributed by atoms with Gasteiger partial charge in [0.25, 0.3) is 0 Å². The summed E-state index contributed by atoms with van der Waals surface area (Å²) in [6.07, 6.45) is -1.35. The van der Waals surface area contributed by atoms with E-state index in [9.17, 15) is 8.78 Å².